The van der Waals surface area contributed by atoms with E-state index in [1.54, 1.807) is 19.1 Å². The number of pyridine rings is 2. The second-order valence-corrected chi connectivity index (χ2v) is 13.2. The smallest absolute Gasteiger partial charge is 0.407 e. The van der Waals surface area contributed by atoms with Crippen molar-refractivity contribution < 1.29 is 24.5 Å². The van der Waals surface area contributed by atoms with Crippen LogP contribution in [0.2, 0.25) is 10.0 Å². The molecular formula is C37H38Cl2N6O5. The summed E-state index contributed by atoms with van der Waals surface area (Å²) in [6.07, 6.45) is 1.48. The maximum Gasteiger partial charge on any atom is 0.407 e. The number of aliphatic hydroxyl groups excluding tert-OH is 1. The molecule has 260 valence electrons. The molecule has 4 heterocycles. The summed E-state index contributed by atoms with van der Waals surface area (Å²) in [7, 11) is 3.44. The second kappa shape index (κ2) is 15.1. The number of carbonyl (C=O) groups is 2. The number of fused-ring (bicyclic) bond motifs is 1. The van der Waals surface area contributed by atoms with E-state index in [0.717, 1.165) is 27.7 Å². The first-order valence-electron chi connectivity index (χ1n) is 16.3. The zero-order valence-electron chi connectivity index (χ0n) is 27.9. The summed E-state index contributed by atoms with van der Waals surface area (Å²) in [6.45, 7) is 3.06. The summed E-state index contributed by atoms with van der Waals surface area (Å²) >= 11 is 14.2. The van der Waals surface area contributed by atoms with Crippen molar-refractivity contribution in [2.24, 2.45) is 7.05 Å². The molecule has 0 saturated carbocycles. The number of carbonyl (C=O) groups excluding carboxylic acids is 1. The first-order valence-corrected chi connectivity index (χ1v) is 17.0. The van der Waals surface area contributed by atoms with Crippen LogP contribution in [0.25, 0.3) is 44.7 Å². The molecule has 6 rings (SSSR count). The van der Waals surface area contributed by atoms with Gasteiger partial charge in [0.15, 0.2) is 0 Å². The van der Waals surface area contributed by atoms with E-state index in [9.17, 15) is 19.8 Å². The molecule has 0 radical (unpaired) electrons. The van der Waals surface area contributed by atoms with Crippen LogP contribution >= 0.6 is 23.2 Å². The third-order valence-electron chi connectivity index (χ3n) is 8.79. The van der Waals surface area contributed by atoms with E-state index < -0.39 is 12.2 Å². The van der Waals surface area contributed by atoms with Gasteiger partial charge in [-0.05, 0) is 43.2 Å². The normalized spacial score (nSPS) is 14.9. The Labute approximate surface area is 299 Å². The summed E-state index contributed by atoms with van der Waals surface area (Å²) in [4.78, 5) is 34.6. The number of aromatic nitrogens is 3. The van der Waals surface area contributed by atoms with E-state index in [4.69, 9.17) is 37.9 Å². The first kappa shape index (κ1) is 35.2. The number of nitrogens with one attached hydrogen (secondary N) is 2. The van der Waals surface area contributed by atoms with Crippen molar-refractivity contribution in [2.75, 3.05) is 20.2 Å². The average molecular weight is 718 g/mol. The molecular weight excluding hydrogens is 679 g/mol. The molecule has 13 heteroatoms. The molecule has 1 aliphatic heterocycles. The highest BCUT2D eigenvalue weighted by Gasteiger charge is 2.26. The lowest BCUT2D eigenvalue weighted by atomic mass is 9.98. The Hall–Kier alpha value is -4.68. The van der Waals surface area contributed by atoms with Crippen LogP contribution in [0.15, 0.2) is 66.9 Å². The number of halogens is 2. The van der Waals surface area contributed by atoms with E-state index in [1.807, 2.05) is 66.3 Å². The van der Waals surface area contributed by atoms with Crippen LogP contribution in [0, 0.1) is 0 Å². The summed E-state index contributed by atoms with van der Waals surface area (Å²) in [6, 6.07) is 18.7. The number of aryl methyl sites for hydroxylation is 1. The van der Waals surface area contributed by atoms with Gasteiger partial charge in [-0.3, -0.25) is 4.79 Å². The van der Waals surface area contributed by atoms with E-state index in [2.05, 4.69) is 10.6 Å². The molecule has 3 aromatic heterocycles. The minimum Gasteiger partial charge on any atom is -0.481 e. The first-order chi connectivity index (χ1) is 24.0. The fraction of sp³-hybridized carbons (Fsp3) is 0.297. The van der Waals surface area contributed by atoms with Gasteiger partial charge in [0.2, 0.25) is 11.8 Å². The van der Waals surface area contributed by atoms with Crippen molar-refractivity contribution in [3.05, 3.63) is 88.0 Å². The third kappa shape index (κ3) is 7.41. The minimum atomic E-state index is -1.10. The quantitative estimate of drug-likeness (QED) is 0.114. The molecule has 5 aromatic rings. The highest BCUT2D eigenvalue weighted by atomic mass is 35.5. The van der Waals surface area contributed by atoms with Crippen LogP contribution in [0.5, 0.6) is 5.88 Å². The zero-order chi connectivity index (χ0) is 35.5. The van der Waals surface area contributed by atoms with Crippen LogP contribution in [0.3, 0.4) is 0 Å². The standard InChI is InChI=1S/C37H38Cl2N6O5/c1-21(46)16-40-17-23-18-44(2)35-25(23)12-14-30(42-35)28-8-4-6-26(33(28)38)27-7-5-9-29(34(27)39)31-13-10-22(36(43-31)50-3)19-45(37(48)49)20-24-11-15-32(47)41-24/h4-10,12-14,18,21,24,40,46H,11,15-17,19-20H2,1-3H3,(H,41,47)(H,48,49)/t21?,24-/m0/s1. The molecule has 2 atom stereocenters. The van der Waals surface area contributed by atoms with Gasteiger partial charge < -0.3 is 35.1 Å². The van der Waals surface area contributed by atoms with Gasteiger partial charge in [-0.1, -0.05) is 59.6 Å². The number of hydrogen-bond acceptors (Lipinski definition) is 7. The van der Waals surface area contributed by atoms with Gasteiger partial charge in [0.1, 0.15) is 5.65 Å². The maximum absolute atomic E-state index is 12.1. The lowest BCUT2D eigenvalue weighted by Gasteiger charge is -2.23. The molecule has 2 aromatic carbocycles. The largest absolute Gasteiger partial charge is 0.481 e. The number of rotatable bonds is 12. The van der Waals surface area contributed by atoms with Gasteiger partial charge in [0.25, 0.3) is 0 Å². The summed E-state index contributed by atoms with van der Waals surface area (Å²) in [5.74, 6) is 0.198. The molecule has 0 spiro atoms. The van der Waals surface area contributed by atoms with Gasteiger partial charge in [0, 0.05) is 78.5 Å². The summed E-state index contributed by atoms with van der Waals surface area (Å²) in [5, 5.41) is 27.5. The number of aliphatic hydroxyl groups is 1. The highest BCUT2D eigenvalue weighted by Crippen LogP contribution is 2.42. The molecule has 0 bridgehead atoms. The van der Waals surface area contributed by atoms with Crippen molar-refractivity contribution in [2.45, 2.75) is 45.0 Å². The van der Waals surface area contributed by atoms with Gasteiger partial charge in [0.05, 0.1) is 41.2 Å². The summed E-state index contributed by atoms with van der Waals surface area (Å²) < 4.78 is 7.58. The lowest BCUT2D eigenvalue weighted by Crippen LogP contribution is -2.41. The molecule has 2 amide bonds. The highest BCUT2D eigenvalue weighted by molar-refractivity contribution is 6.39. The van der Waals surface area contributed by atoms with E-state index in [-0.39, 0.29) is 30.9 Å². The number of methoxy groups -OCH3 is 1. The van der Waals surface area contributed by atoms with Crippen LogP contribution < -0.4 is 15.4 Å². The van der Waals surface area contributed by atoms with Crippen molar-refractivity contribution >= 4 is 46.2 Å². The monoisotopic (exact) mass is 716 g/mol. The Balaban J connectivity index is 1.28. The average Bonchev–Trinajstić information content (AvgIpc) is 3.65. The number of benzene rings is 2. The van der Waals surface area contributed by atoms with Gasteiger partial charge in [-0.2, -0.15) is 0 Å². The molecule has 4 N–H and O–H groups in total. The molecule has 50 heavy (non-hydrogen) atoms. The predicted molar refractivity (Wildman–Crippen MR) is 194 cm³/mol. The molecule has 0 aliphatic carbocycles. The molecule has 1 aliphatic rings. The van der Waals surface area contributed by atoms with E-state index >= 15 is 0 Å². The van der Waals surface area contributed by atoms with Crippen LogP contribution in [0.1, 0.15) is 30.9 Å². The Kier molecular flexibility index (Phi) is 10.6. The van der Waals surface area contributed by atoms with Crippen molar-refractivity contribution in [1.82, 2.24) is 30.1 Å². The lowest BCUT2D eigenvalue weighted by molar-refractivity contribution is -0.119. The SMILES string of the molecule is COc1nc(-c2cccc(-c3cccc(-c4ccc5c(CNCC(C)O)cn(C)c5n4)c3Cl)c2Cl)ccc1CN(C[C@@H]1CCC(=O)N1)C(=O)O. The second-order valence-electron chi connectivity index (χ2n) is 12.5. The predicted octanol–water partition coefficient (Wildman–Crippen LogP) is 6.51. The molecule has 1 unspecified atom stereocenters. The van der Waals surface area contributed by atoms with Gasteiger partial charge >= 0.3 is 6.09 Å². The van der Waals surface area contributed by atoms with Crippen molar-refractivity contribution in [1.29, 1.82) is 0 Å². The van der Waals surface area contributed by atoms with Crippen LogP contribution in [-0.4, -0.2) is 74.0 Å². The minimum absolute atomic E-state index is 0.0398. The zero-order valence-corrected chi connectivity index (χ0v) is 29.4. The van der Waals surface area contributed by atoms with Crippen molar-refractivity contribution in [3.63, 3.8) is 0 Å². The Bertz CT molecular complexity index is 2070. The molecule has 1 saturated heterocycles. The van der Waals surface area contributed by atoms with Gasteiger partial charge in [-0.25, -0.2) is 14.8 Å². The fourth-order valence-electron chi connectivity index (χ4n) is 6.33. The molecule has 1 fully saturated rings. The molecule has 11 nitrogen and oxygen atoms in total. The fourth-order valence-corrected chi connectivity index (χ4v) is 6.98. The number of hydrogen-bond donors (Lipinski definition) is 4. The van der Waals surface area contributed by atoms with Gasteiger partial charge in [-0.15, -0.1) is 0 Å². The maximum atomic E-state index is 12.1. The summed E-state index contributed by atoms with van der Waals surface area (Å²) in [5.41, 5.74) is 6.59. The van der Waals surface area contributed by atoms with Crippen LogP contribution in [-0.2, 0) is 24.9 Å². The van der Waals surface area contributed by atoms with Crippen molar-refractivity contribution in [3.8, 4) is 39.5 Å². The van der Waals surface area contributed by atoms with E-state index in [1.165, 1.54) is 12.0 Å². The Morgan fingerprint density at radius 3 is 2.26 bits per heavy atom. The van der Waals surface area contributed by atoms with E-state index in [0.29, 0.717) is 64.1 Å². The number of amides is 2. The Morgan fingerprint density at radius 1 is 1.02 bits per heavy atom. The number of ether oxygens (including phenoxy) is 1. The Morgan fingerprint density at radius 2 is 1.66 bits per heavy atom. The van der Waals surface area contributed by atoms with Crippen LogP contribution in [0.4, 0.5) is 4.79 Å². The topological polar surface area (TPSA) is 142 Å². The number of carboxylic acid groups (broad SMARTS) is 1. The number of nitrogens with zero attached hydrogens (tertiary/aromatic N) is 4. The third-order valence-corrected chi connectivity index (χ3v) is 9.60.